The Morgan fingerprint density at radius 2 is 1.75 bits per heavy atom. The van der Waals surface area contributed by atoms with Crippen molar-refractivity contribution in [2.24, 2.45) is 5.92 Å². The lowest BCUT2D eigenvalue weighted by Crippen LogP contribution is -2.47. The predicted molar refractivity (Wildman–Crippen MR) is 110 cm³/mol. The Morgan fingerprint density at radius 1 is 1.07 bits per heavy atom. The molecule has 1 aromatic heterocycles. The van der Waals surface area contributed by atoms with Crippen molar-refractivity contribution >= 4 is 27.4 Å². The molecule has 0 aliphatic carbocycles. The van der Waals surface area contributed by atoms with Gasteiger partial charge in [-0.3, -0.25) is 4.79 Å². The Bertz CT molecular complexity index is 893. The Hall–Kier alpha value is -2.45. The minimum atomic E-state index is -3.79. The van der Waals surface area contributed by atoms with Crippen molar-refractivity contribution < 1.29 is 13.2 Å². The van der Waals surface area contributed by atoms with Gasteiger partial charge in [0, 0.05) is 13.1 Å². The molecule has 0 radical (unpaired) electrons. The van der Waals surface area contributed by atoms with Gasteiger partial charge in [-0.15, -0.1) is 0 Å². The van der Waals surface area contributed by atoms with Crippen LogP contribution in [0.2, 0.25) is 0 Å². The van der Waals surface area contributed by atoms with Crippen LogP contribution in [0.1, 0.15) is 26.7 Å². The van der Waals surface area contributed by atoms with E-state index in [1.807, 2.05) is 6.07 Å². The SMILES string of the molecule is CC(C)C(NS(=O)(=O)c1ccccc1)C(=O)Nc1ccc(N2CCCC2)nc1. The maximum absolute atomic E-state index is 12.7. The molecule has 3 rings (SSSR count). The zero-order valence-corrected chi connectivity index (χ0v) is 16.9. The summed E-state index contributed by atoms with van der Waals surface area (Å²) in [6.07, 6.45) is 3.93. The molecule has 2 aromatic rings. The third-order valence-corrected chi connectivity index (χ3v) is 6.19. The van der Waals surface area contributed by atoms with Gasteiger partial charge in [0.15, 0.2) is 0 Å². The van der Waals surface area contributed by atoms with Crippen LogP contribution in [-0.4, -0.2) is 38.4 Å². The monoisotopic (exact) mass is 402 g/mol. The standard InChI is InChI=1S/C20H26N4O3S/c1-15(2)19(23-28(26,27)17-8-4-3-5-9-17)20(25)22-16-10-11-18(21-14-16)24-12-6-7-13-24/h3-5,8-11,14-15,19,23H,6-7,12-13H2,1-2H3,(H,22,25). The normalized spacial score (nSPS) is 15.6. The molecule has 0 saturated carbocycles. The second kappa shape index (κ2) is 8.70. The number of rotatable bonds is 7. The molecule has 150 valence electrons. The van der Waals surface area contributed by atoms with Crippen LogP contribution in [0.4, 0.5) is 11.5 Å². The van der Waals surface area contributed by atoms with Crippen LogP contribution in [0.15, 0.2) is 53.6 Å². The first kappa shape index (κ1) is 20.3. The Morgan fingerprint density at radius 3 is 2.32 bits per heavy atom. The average molecular weight is 403 g/mol. The first-order chi connectivity index (χ1) is 13.4. The van der Waals surface area contributed by atoms with Gasteiger partial charge in [0.1, 0.15) is 11.9 Å². The summed E-state index contributed by atoms with van der Waals surface area (Å²) in [6.45, 7) is 5.59. The van der Waals surface area contributed by atoms with Gasteiger partial charge >= 0.3 is 0 Å². The molecular weight excluding hydrogens is 376 g/mol. The highest BCUT2D eigenvalue weighted by molar-refractivity contribution is 7.89. The van der Waals surface area contributed by atoms with Crippen LogP contribution in [0.3, 0.4) is 0 Å². The van der Waals surface area contributed by atoms with E-state index in [4.69, 9.17) is 0 Å². The van der Waals surface area contributed by atoms with Crippen LogP contribution in [0.25, 0.3) is 0 Å². The molecule has 0 bridgehead atoms. The Kier molecular flexibility index (Phi) is 6.31. The molecular formula is C20H26N4O3S. The lowest BCUT2D eigenvalue weighted by Gasteiger charge is -2.22. The van der Waals surface area contributed by atoms with Gasteiger partial charge in [-0.05, 0) is 43.0 Å². The van der Waals surface area contributed by atoms with E-state index in [-0.39, 0.29) is 10.8 Å². The van der Waals surface area contributed by atoms with Crippen molar-refractivity contribution in [3.8, 4) is 0 Å². The van der Waals surface area contributed by atoms with Crippen LogP contribution in [-0.2, 0) is 14.8 Å². The van der Waals surface area contributed by atoms with Gasteiger partial charge < -0.3 is 10.2 Å². The number of pyridine rings is 1. The van der Waals surface area contributed by atoms with Gasteiger partial charge in [-0.2, -0.15) is 4.72 Å². The molecule has 0 spiro atoms. The van der Waals surface area contributed by atoms with Crippen LogP contribution < -0.4 is 14.9 Å². The van der Waals surface area contributed by atoms with Crippen LogP contribution >= 0.6 is 0 Å². The number of carbonyl (C=O) groups excluding carboxylic acids is 1. The average Bonchev–Trinajstić information content (AvgIpc) is 3.22. The molecule has 1 saturated heterocycles. The molecule has 1 aliphatic heterocycles. The van der Waals surface area contributed by atoms with E-state index in [2.05, 4.69) is 19.9 Å². The van der Waals surface area contributed by atoms with Crippen molar-refractivity contribution in [2.75, 3.05) is 23.3 Å². The largest absolute Gasteiger partial charge is 0.357 e. The number of hydrogen-bond acceptors (Lipinski definition) is 5. The van der Waals surface area contributed by atoms with Crippen LogP contribution in [0.5, 0.6) is 0 Å². The molecule has 8 heteroatoms. The second-order valence-corrected chi connectivity index (χ2v) is 8.96. The molecule has 1 unspecified atom stereocenters. The van der Waals surface area contributed by atoms with Crippen molar-refractivity contribution in [3.05, 3.63) is 48.7 Å². The summed E-state index contributed by atoms with van der Waals surface area (Å²) in [5.74, 6) is 0.251. The van der Waals surface area contributed by atoms with Gasteiger partial charge in [0.25, 0.3) is 0 Å². The highest BCUT2D eigenvalue weighted by Gasteiger charge is 2.28. The van der Waals surface area contributed by atoms with Gasteiger partial charge in [-0.25, -0.2) is 13.4 Å². The maximum atomic E-state index is 12.7. The Labute approximate surface area is 166 Å². The van der Waals surface area contributed by atoms with Crippen molar-refractivity contribution in [2.45, 2.75) is 37.6 Å². The lowest BCUT2D eigenvalue weighted by molar-refractivity contribution is -0.118. The number of nitrogens with one attached hydrogen (secondary N) is 2. The number of anilines is 2. The number of sulfonamides is 1. The number of hydrogen-bond donors (Lipinski definition) is 2. The smallest absolute Gasteiger partial charge is 0.242 e. The van der Waals surface area contributed by atoms with Crippen molar-refractivity contribution in [1.82, 2.24) is 9.71 Å². The fourth-order valence-electron chi connectivity index (χ4n) is 3.14. The summed E-state index contributed by atoms with van der Waals surface area (Å²) in [7, 11) is -3.79. The highest BCUT2D eigenvalue weighted by Crippen LogP contribution is 2.20. The minimum absolute atomic E-state index is 0.130. The molecule has 28 heavy (non-hydrogen) atoms. The molecule has 2 heterocycles. The quantitative estimate of drug-likeness (QED) is 0.743. The molecule has 1 aromatic carbocycles. The van der Waals surface area contributed by atoms with Crippen molar-refractivity contribution in [1.29, 1.82) is 0 Å². The van der Waals surface area contributed by atoms with E-state index in [9.17, 15) is 13.2 Å². The fourth-order valence-corrected chi connectivity index (χ4v) is 4.51. The van der Waals surface area contributed by atoms with Gasteiger partial charge in [0.05, 0.1) is 16.8 Å². The van der Waals surface area contributed by atoms with Crippen LogP contribution in [0, 0.1) is 5.92 Å². The Balaban J connectivity index is 1.69. The van der Waals surface area contributed by atoms with E-state index in [1.165, 1.54) is 12.1 Å². The molecule has 2 N–H and O–H groups in total. The summed E-state index contributed by atoms with van der Waals surface area (Å²) in [4.78, 5) is 19.5. The third kappa shape index (κ3) is 4.88. The number of aromatic nitrogens is 1. The number of amides is 1. The fraction of sp³-hybridized carbons (Fsp3) is 0.400. The number of nitrogens with zero attached hydrogens (tertiary/aromatic N) is 2. The first-order valence-corrected chi connectivity index (χ1v) is 10.9. The first-order valence-electron chi connectivity index (χ1n) is 9.46. The summed E-state index contributed by atoms with van der Waals surface area (Å²) in [6, 6.07) is 10.8. The van der Waals surface area contributed by atoms with E-state index >= 15 is 0 Å². The molecule has 1 aliphatic rings. The highest BCUT2D eigenvalue weighted by atomic mass is 32.2. The molecule has 1 atom stereocenters. The summed E-state index contributed by atoms with van der Waals surface area (Å²) in [5.41, 5.74) is 0.539. The third-order valence-electron chi connectivity index (χ3n) is 4.73. The van der Waals surface area contributed by atoms with Crippen molar-refractivity contribution in [3.63, 3.8) is 0 Å². The molecule has 7 nitrogen and oxygen atoms in total. The maximum Gasteiger partial charge on any atom is 0.242 e. The summed E-state index contributed by atoms with van der Waals surface area (Å²) < 4.78 is 27.7. The van der Waals surface area contributed by atoms with Gasteiger partial charge in [0.2, 0.25) is 15.9 Å². The lowest BCUT2D eigenvalue weighted by atomic mass is 10.1. The number of carbonyl (C=O) groups is 1. The summed E-state index contributed by atoms with van der Waals surface area (Å²) >= 11 is 0. The number of benzene rings is 1. The molecule has 1 fully saturated rings. The second-order valence-electron chi connectivity index (χ2n) is 7.24. The van der Waals surface area contributed by atoms with E-state index in [1.54, 1.807) is 44.3 Å². The molecule has 1 amide bonds. The topological polar surface area (TPSA) is 91.4 Å². The predicted octanol–water partition coefficient (Wildman–Crippen LogP) is 2.62. The summed E-state index contributed by atoms with van der Waals surface area (Å²) in [5, 5.41) is 2.77. The van der Waals surface area contributed by atoms with Gasteiger partial charge in [-0.1, -0.05) is 32.0 Å². The van der Waals surface area contributed by atoms with E-state index < -0.39 is 22.0 Å². The zero-order valence-electron chi connectivity index (χ0n) is 16.1. The van der Waals surface area contributed by atoms with E-state index in [0.717, 1.165) is 31.7 Å². The minimum Gasteiger partial charge on any atom is -0.357 e. The van der Waals surface area contributed by atoms with E-state index in [0.29, 0.717) is 5.69 Å². The zero-order chi connectivity index (χ0) is 20.1.